The zero-order valence-electron chi connectivity index (χ0n) is 47.2. The molecule has 82 heavy (non-hydrogen) atoms. The molecule has 13 aromatic rings. The van der Waals surface area contributed by atoms with E-state index < -0.39 is 0 Å². The minimum atomic E-state index is -0.363. The van der Waals surface area contributed by atoms with Crippen molar-refractivity contribution in [3.63, 3.8) is 0 Å². The molecule has 0 aliphatic heterocycles. The third-order valence-electron chi connectivity index (χ3n) is 26.4. The third-order valence-corrected chi connectivity index (χ3v) is 26.4. The van der Waals surface area contributed by atoms with Crippen LogP contribution in [0.25, 0.3) is 76.2 Å². The van der Waals surface area contributed by atoms with Crippen molar-refractivity contribution in [1.82, 2.24) is 18.8 Å². The van der Waals surface area contributed by atoms with Gasteiger partial charge in [-0.1, -0.05) is 97.1 Å². The summed E-state index contributed by atoms with van der Waals surface area (Å²) in [7, 11) is 0. The molecule has 14 aliphatic carbocycles. The lowest BCUT2D eigenvalue weighted by Crippen LogP contribution is -2.48. The number of rotatable bonds is 0. The zero-order valence-corrected chi connectivity index (χ0v) is 47.2. The smallest absolute Gasteiger partial charge is 0.0728 e. The molecule has 4 atom stereocenters. The summed E-state index contributed by atoms with van der Waals surface area (Å²) in [4.78, 5) is 11.7. The molecule has 0 N–H and O–H groups in total. The number of hydrogen-bond acceptors (Lipinski definition) is 2. The van der Waals surface area contributed by atoms with Crippen LogP contribution in [0, 0.1) is 23.7 Å². The van der Waals surface area contributed by atoms with Gasteiger partial charge in [0, 0.05) is 53.9 Å². The summed E-state index contributed by atoms with van der Waals surface area (Å²) in [5.41, 5.74) is 30.5. The molecule has 0 spiro atoms. The minimum Gasteiger partial charge on any atom is -0.306 e. The normalized spacial score (nSPS) is 32.3. The molecular weight excluding hydrogens is 993 g/mol. The molecule has 4 heteroatoms. The lowest BCUT2D eigenvalue weighted by atomic mass is 9.49. The van der Waals surface area contributed by atoms with Crippen molar-refractivity contribution in [2.45, 2.75) is 137 Å². The summed E-state index contributed by atoms with van der Waals surface area (Å²) in [6, 6.07) is 48.9. The van der Waals surface area contributed by atoms with Gasteiger partial charge < -0.3 is 8.80 Å². The van der Waals surface area contributed by atoms with Crippen LogP contribution < -0.4 is 0 Å². The van der Waals surface area contributed by atoms with E-state index in [0.717, 1.165) is 23.7 Å². The molecule has 0 saturated heterocycles. The second-order valence-corrected chi connectivity index (χ2v) is 29.6. The van der Waals surface area contributed by atoms with Crippen molar-refractivity contribution in [1.29, 1.82) is 0 Å². The lowest BCUT2D eigenvalue weighted by molar-refractivity contribution is 0.166. The fraction of sp³-hybridized carbons (Fsp3) is 0.333. The SMILES string of the molecule is CC12c3ccccc3C(C)(c3ccccc31)c1c2ncc2c1c1cc3c(c4c5cc6c(cc5n2c14)c1c2c(cc4c5c7c(ncc5n6c41)C1(C)c4ccccc4C7(C)c4ccccc41)C1CC4CC(C1)CC2C4)C1CC2CC(CC3C2)C1. The van der Waals surface area contributed by atoms with Crippen LogP contribution in [0.2, 0.25) is 0 Å². The first-order valence-electron chi connectivity index (χ1n) is 31.8. The molecule has 0 amide bonds. The van der Waals surface area contributed by atoms with Gasteiger partial charge in [-0.15, -0.1) is 0 Å². The van der Waals surface area contributed by atoms with Crippen molar-refractivity contribution in [2.24, 2.45) is 23.7 Å². The standard InChI is InChI=1S/C78H62N4/c1-75-51-13-5-9-17-55(51)77(3,56-18-10-6-14-52(56)75)73-69(75)65-49-31-45-41-23-37-21-38(24-41)28-43(27-37)63(45)67-47-34-60-48(33-59(47)81(71(49)67)61(65)35-79-73)68-64-44-29-39-22-40(30-44)26-42(25-39)46(64)32-50-66-62(82(60)72(50)68)36-80-74-70(66)76(2)53-15-7-11-19-57(53)78(74,4)58-20-12-8-16-54(58)76/h5-20,31-44H,21-30H2,1-4H3. The van der Waals surface area contributed by atoms with Crippen LogP contribution in [0.1, 0.15) is 205 Å². The first kappa shape index (κ1) is 43.2. The topological polar surface area (TPSA) is 34.6 Å². The Kier molecular flexibility index (Phi) is 6.98. The van der Waals surface area contributed by atoms with Crippen molar-refractivity contribution in [3.05, 3.63) is 223 Å². The third kappa shape index (κ3) is 4.26. The van der Waals surface area contributed by atoms with Crippen LogP contribution in [0.3, 0.4) is 0 Å². The van der Waals surface area contributed by atoms with Gasteiger partial charge in [0.15, 0.2) is 0 Å². The largest absolute Gasteiger partial charge is 0.306 e. The molecule has 6 heterocycles. The van der Waals surface area contributed by atoms with Crippen LogP contribution in [0.5, 0.6) is 0 Å². The Hall–Kier alpha value is -7.56. The highest BCUT2D eigenvalue weighted by Crippen LogP contribution is 2.68. The van der Waals surface area contributed by atoms with Gasteiger partial charge in [0.2, 0.25) is 0 Å². The fourth-order valence-corrected chi connectivity index (χ4v) is 23.8. The van der Waals surface area contributed by atoms with E-state index in [1.807, 2.05) is 0 Å². The van der Waals surface area contributed by atoms with E-state index in [9.17, 15) is 0 Å². The quantitative estimate of drug-likeness (QED) is 0.152. The fourth-order valence-electron chi connectivity index (χ4n) is 23.8. The van der Waals surface area contributed by atoms with E-state index in [0.29, 0.717) is 23.7 Å². The molecule has 12 bridgehead atoms. The van der Waals surface area contributed by atoms with Crippen LogP contribution in [-0.4, -0.2) is 18.8 Å². The number of fused-ring (bicyclic) bond motifs is 12. The molecule has 6 aromatic heterocycles. The Balaban J connectivity index is 0.911. The van der Waals surface area contributed by atoms with Crippen molar-refractivity contribution in [2.75, 3.05) is 0 Å². The molecule has 27 rings (SSSR count). The maximum atomic E-state index is 5.87. The predicted octanol–water partition coefficient (Wildman–Crippen LogP) is 18.2. The van der Waals surface area contributed by atoms with Gasteiger partial charge in [-0.2, -0.15) is 0 Å². The Labute approximate surface area is 476 Å². The van der Waals surface area contributed by atoms with Crippen molar-refractivity contribution in [3.8, 4) is 0 Å². The van der Waals surface area contributed by atoms with E-state index >= 15 is 0 Å². The second kappa shape index (κ2) is 13.3. The number of nitrogens with zero attached hydrogens (tertiary/aromatic N) is 4. The van der Waals surface area contributed by atoms with Crippen LogP contribution in [0.4, 0.5) is 0 Å². The highest BCUT2D eigenvalue weighted by atomic mass is 15.0. The molecule has 4 fully saturated rings. The maximum absolute atomic E-state index is 5.87. The first-order valence-corrected chi connectivity index (χ1v) is 31.8. The molecule has 7 aromatic carbocycles. The van der Waals surface area contributed by atoms with Crippen molar-refractivity contribution < 1.29 is 0 Å². The summed E-state index contributed by atoms with van der Waals surface area (Å²) < 4.78 is 5.60. The monoisotopic (exact) mass is 1050 g/mol. The minimum absolute atomic E-state index is 0.362. The van der Waals surface area contributed by atoms with Crippen LogP contribution in [0.15, 0.2) is 134 Å². The zero-order chi connectivity index (χ0) is 53.1. The first-order chi connectivity index (χ1) is 40.1. The van der Waals surface area contributed by atoms with Gasteiger partial charge in [0.05, 0.1) is 67.7 Å². The van der Waals surface area contributed by atoms with Gasteiger partial charge in [-0.25, -0.2) is 0 Å². The average Bonchev–Trinajstić information content (AvgIpc) is 1.49. The van der Waals surface area contributed by atoms with Crippen LogP contribution >= 0.6 is 0 Å². The van der Waals surface area contributed by atoms with Crippen LogP contribution in [-0.2, 0) is 21.7 Å². The Morgan fingerprint density at radius 3 is 1.00 bits per heavy atom. The lowest BCUT2D eigenvalue weighted by Gasteiger charge is -2.53. The predicted molar refractivity (Wildman–Crippen MR) is 330 cm³/mol. The van der Waals surface area contributed by atoms with E-state index in [4.69, 9.17) is 9.97 Å². The number of benzene rings is 7. The van der Waals surface area contributed by atoms with Gasteiger partial charge in [-0.05, 0) is 241 Å². The second-order valence-electron chi connectivity index (χ2n) is 29.6. The summed E-state index contributed by atoms with van der Waals surface area (Å²) in [6.07, 6.45) is 18.3. The van der Waals surface area contributed by atoms with Gasteiger partial charge >= 0.3 is 0 Å². The number of pyridine rings is 2. The molecule has 4 nitrogen and oxygen atoms in total. The number of hydrogen-bond donors (Lipinski definition) is 0. The molecule has 4 unspecified atom stereocenters. The Morgan fingerprint density at radius 1 is 0.341 bits per heavy atom. The Morgan fingerprint density at radius 2 is 0.659 bits per heavy atom. The summed E-state index contributed by atoms with van der Waals surface area (Å²) in [5, 5.41) is 11.9. The van der Waals surface area contributed by atoms with Gasteiger partial charge in [0.25, 0.3) is 0 Å². The highest BCUT2D eigenvalue weighted by Gasteiger charge is 2.59. The molecule has 14 aliphatic rings. The van der Waals surface area contributed by atoms with Gasteiger partial charge in [-0.3, -0.25) is 9.97 Å². The summed E-state index contributed by atoms with van der Waals surface area (Å²) in [6.45, 7) is 10.1. The molecular formula is C78H62N4. The van der Waals surface area contributed by atoms with E-state index in [-0.39, 0.29) is 21.7 Å². The summed E-state index contributed by atoms with van der Waals surface area (Å²) in [5.74, 6) is 5.70. The van der Waals surface area contributed by atoms with E-state index in [2.05, 4.69) is 170 Å². The van der Waals surface area contributed by atoms with E-state index in [1.54, 1.807) is 33.0 Å². The van der Waals surface area contributed by atoms with E-state index in [1.165, 1.54) is 197 Å². The number of aromatic nitrogens is 4. The highest BCUT2D eigenvalue weighted by molar-refractivity contribution is 6.31. The maximum Gasteiger partial charge on any atom is 0.0728 e. The average molecular weight is 1060 g/mol. The molecule has 394 valence electrons. The molecule has 0 radical (unpaired) electrons. The molecule has 4 saturated carbocycles. The summed E-state index contributed by atoms with van der Waals surface area (Å²) >= 11 is 0. The van der Waals surface area contributed by atoms with Crippen molar-refractivity contribution >= 4 is 76.2 Å². The van der Waals surface area contributed by atoms with Gasteiger partial charge in [0.1, 0.15) is 0 Å². The Bertz CT molecular complexity index is 4820.